The first-order valence-corrected chi connectivity index (χ1v) is 7.05. The number of pyridine rings is 1. The van der Waals surface area contributed by atoms with Crippen LogP contribution in [0, 0.1) is 18.3 Å². The zero-order valence-electron chi connectivity index (χ0n) is 12.8. The fourth-order valence-electron chi connectivity index (χ4n) is 2.37. The van der Waals surface area contributed by atoms with E-state index < -0.39 is 5.97 Å². The lowest BCUT2D eigenvalue weighted by molar-refractivity contribution is 0.0698. The largest absolute Gasteiger partial charge is 0.477 e. The van der Waals surface area contributed by atoms with Crippen LogP contribution in [0.5, 0.6) is 0 Å². The molecule has 2 aromatic heterocycles. The lowest BCUT2D eigenvalue weighted by atomic mass is 10.0. The number of hydrogen-bond donors (Lipinski definition) is 2. The highest BCUT2D eigenvalue weighted by Gasteiger charge is 2.15. The normalized spacial score (nSPS) is 10.3. The summed E-state index contributed by atoms with van der Waals surface area (Å²) in [4.78, 5) is 15.3. The average molecular weight is 319 g/mol. The van der Waals surface area contributed by atoms with E-state index in [1.165, 1.54) is 10.9 Å². The molecule has 0 unspecified atom stereocenters. The summed E-state index contributed by atoms with van der Waals surface area (Å²) in [6, 6.07) is 11.4. The monoisotopic (exact) mass is 319 g/mol. The number of aryl methyl sites for hydroxylation is 1. The van der Waals surface area contributed by atoms with Crippen LogP contribution in [-0.4, -0.2) is 25.8 Å². The van der Waals surface area contributed by atoms with Crippen LogP contribution in [0.3, 0.4) is 0 Å². The second kappa shape index (κ2) is 5.85. The number of nitrogens with zero attached hydrogens (tertiary/aromatic N) is 4. The Morgan fingerprint density at radius 1 is 1.38 bits per heavy atom. The minimum atomic E-state index is -1.17. The third kappa shape index (κ3) is 2.68. The number of nitrogens with two attached hydrogens (primary N) is 1. The summed E-state index contributed by atoms with van der Waals surface area (Å²) < 4.78 is 1.25. The quantitative estimate of drug-likeness (QED) is 0.765. The number of aromatic carboxylic acids is 1. The lowest BCUT2D eigenvalue weighted by Gasteiger charge is -2.07. The number of nitrogen functional groups attached to an aromatic ring is 1. The lowest BCUT2D eigenvalue weighted by Crippen LogP contribution is -2.00. The summed E-state index contributed by atoms with van der Waals surface area (Å²) in [6.45, 7) is 1.97. The van der Waals surface area contributed by atoms with E-state index in [0.29, 0.717) is 16.9 Å². The Hall–Kier alpha value is -3.66. The predicted molar refractivity (Wildman–Crippen MR) is 87.6 cm³/mol. The van der Waals surface area contributed by atoms with Gasteiger partial charge in [0.1, 0.15) is 5.56 Å². The molecule has 0 saturated heterocycles. The number of benzene rings is 1. The molecule has 0 bridgehead atoms. The predicted octanol–water partition coefficient (Wildman–Crippen LogP) is 2.39. The molecule has 7 heteroatoms. The Balaban J connectivity index is 2.09. The van der Waals surface area contributed by atoms with Crippen LogP contribution in [0.15, 0.2) is 42.7 Å². The van der Waals surface area contributed by atoms with Gasteiger partial charge < -0.3 is 10.8 Å². The van der Waals surface area contributed by atoms with Crippen LogP contribution in [0.4, 0.5) is 5.82 Å². The van der Waals surface area contributed by atoms with Gasteiger partial charge in [-0.15, -0.1) is 5.10 Å². The molecule has 24 heavy (non-hydrogen) atoms. The van der Waals surface area contributed by atoms with E-state index in [9.17, 15) is 10.1 Å². The van der Waals surface area contributed by atoms with Crippen molar-refractivity contribution in [1.82, 2.24) is 14.8 Å². The van der Waals surface area contributed by atoms with Crippen molar-refractivity contribution in [3.8, 4) is 23.0 Å². The van der Waals surface area contributed by atoms with E-state index in [0.717, 1.165) is 11.1 Å². The third-order valence-electron chi connectivity index (χ3n) is 3.55. The van der Waals surface area contributed by atoms with Crippen LogP contribution in [-0.2, 0) is 0 Å². The van der Waals surface area contributed by atoms with Crippen LogP contribution in [0.2, 0.25) is 0 Å². The van der Waals surface area contributed by atoms with Gasteiger partial charge in [0, 0.05) is 24.0 Å². The number of rotatable bonds is 3. The Morgan fingerprint density at radius 3 is 2.79 bits per heavy atom. The number of nitriles is 1. The Bertz CT molecular complexity index is 985. The van der Waals surface area contributed by atoms with Gasteiger partial charge in [0.2, 0.25) is 0 Å². The molecule has 0 spiro atoms. The standard InChI is InChI=1S/C17H13N5O2/c1-10-3-2-4-11(5-10)13-8-20-15(6-12(13)7-18)22-9-14(17(23)24)16(19)21-22/h2-6,8-9H,1H3,(H2,19,21)(H,23,24). The molecule has 0 aliphatic rings. The van der Waals surface area contributed by atoms with Crippen LogP contribution < -0.4 is 5.73 Å². The van der Waals surface area contributed by atoms with Crippen molar-refractivity contribution in [1.29, 1.82) is 5.26 Å². The van der Waals surface area contributed by atoms with Gasteiger partial charge in [-0.2, -0.15) is 5.26 Å². The van der Waals surface area contributed by atoms with Gasteiger partial charge in [-0.05, 0) is 12.5 Å². The summed E-state index contributed by atoms with van der Waals surface area (Å²) in [5.74, 6) is -0.955. The summed E-state index contributed by atoms with van der Waals surface area (Å²) in [5, 5.41) is 22.4. The molecule has 3 rings (SSSR count). The van der Waals surface area contributed by atoms with E-state index in [1.54, 1.807) is 12.3 Å². The molecule has 1 aromatic carbocycles. The number of anilines is 1. The molecule has 0 radical (unpaired) electrons. The molecule has 0 aliphatic carbocycles. The maximum absolute atomic E-state index is 11.1. The topological polar surface area (TPSA) is 118 Å². The summed E-state index contributed by atoms with van der Waals surface area (Å²) in [6.07, 6.45) is 2.84. The van der Waals surface area contributed by atoms with Crippen molar-refractivity contribution in [2.24, 2.45) is 0 Å². The summed E-state index contributed by atoms with van der Waals surface area (Å²) in [5.41, 5.74) is 8.54. The molecule has 0 saturated carbocycles. The molecule has 0 fully saturated rings. The molecule has 0 atom stereocenters. The smallest absolute Gasteiger partial charge is 0.341 e. The average Bonchev–Trinajstić information content (AvgIpc) is 2.96. The molecule has 3 N–H and O–H groups in total. The van der Waals surface area contributed by atoms with E-state index in [2.05, 4.69) is 16.2 Å². The van der Waals surface area contributed by atoms with Crippen molar-refractivity contribution in [3.05, 3.63) is 59.4 Å². The highest BCUT2D eigenvalue weighted by atomic mass is 16.4. The van der Waals surface area contributed by atoms with Crippen molar-refractivity contribution >= 4 is 11.8 Å². The molecule has 7 nitrogen and oxygen atoms in total. The van der Waals surface area contributed by atoms with E-state index in [-0.39, 0.29) is 11.4 Å². The highest BCUT2D eigenvalue weighted by molar-refractivity contribution is 5.92. The maximum atomic E-state index is 11.1. The van der Waals surface area contributed by atoms with Gasteiger partial charge >= 0.3 is 5.97 Å². The van der Waals surface area contributed by atoms with E-state index in [1.807, 2.05) is 31.2 Å². The fraction of sp³-hybridized carbons (Fsp3) is 0.0588. The first-order valence-electron chi connectivity index (χ1n) is 7.05. The third-order valence-corrected chi connectivity index (χ3v) is 3.55. The first kappa shape index (κ1) is 15.2. The number of carboxylic acid groups (broad SMARTS) is 1. The van der Waals surface area contributed by atoms with Gasteiger partial charge in [-0.3, -0.25) is 0 Å². The molecular formula is C17H13N5O2. The molecule has 0 aliphatic heterocycles. The number of aromatic nitrogens is 3. The van der Waals surface area contributed by atoms with E-state index >= 15 is 0 Å². The Morgan fingerprint density at radius 2 is 2.17 bits per heavy atom. The SMILES string of the molecule is Cc1cccc(-c2cnc(-n3cc(C(=O)O)c(N)n3)cc2C#N)c1. The fourth-order valence-corrected chi connectivity index (χ4v) is 2.37. The molecule has 2 heterocycles. The molecule has 118 valence electrons. The van der Waals surface area contributed by atoms with Crippen molar-refractivity contribution in [3.63, 3.8) is 0 Å². The van der Waals surface area contributed by atoms with Gasteiger partial charge in [-0.1, -0.05) is 29.8 Å². The second-order valence-corrected chi connectivity index (χ2v) is 5.25. The minimum Gasteiger partial charge on any atom is -0.477 e. The Kier molecular flexibility index (Phi) is 3.72. The molecule has 0 amide bonds. The Labute approximate surface area is 137 Å². The highest BCUT2D eigenvalue weighted by Crippen LogP contribution is 2.25. The number of hydrogen-bond acceptors (Lipinski definition) is 5. The van der Waals surface area contributed by atoms with Crippen LogP contribution in [0.1, 0.15) is 21.5 Å². The van der Waals surface area contributed by atoms with Gasteiger partial charge in [-0.25, -0.2) is 14.5 Å². The van der Waals surface area contributed by atoms with Crippen LogP contribution >= 0.6 is 0 Å². The van der Waals surface area contributed by atoms with Crippen molar-refractivity contribution < 1.29 is 9.90 Å². The minimum absolute atomic E-state index is 0.106. The van der Waals surface area contributed by atoms with Gasteiger partial charge in [0.25, 0.3) is 0 Å². The van der Waals surface area contributed by atoms with Gasteiger partial charge in [0.15, 0.2) is 11.6 Å². The second-order valence-electron chi connectivity index (χ2n) is 5.25. The zero-order chi connectivity index (χ0) is 17.3. The van der Waals surface area contributed by atoms with Crippen molar-refractivity contribution in [2.75, 3.05) is 5.73 Å². The van der Waals surface area contributed by atoms with Crippen LogP contribution in [0.25, 0.3) is 16.9 Å². The summed E-state index contributed by atoms with van der Waals surface area (Å²) >= 11 is 0. The maximum Gasteiger partial charge on any atom is 0.341 e. The number of carbonyl (C=O) groups is 1. The molecule has 3 aromatic rings. The zero-order valence-corrected chi connectivity index (χ0v) is 12.8. The molecular weight excluding hydrogens is 306 g/mol. The van der Waals surface area contributed by atoms with Crippen molar-refractivity contribution in [2.45, 2.75) is 6.92 Å². The van der Waals surface area contributed by atoms with E-state index in [4.69, 9.17) is 10.8 Å². The summed E-state index contributed by atoms with van der Waals surface area (Å²) in [7, 11) is 0. The number of carboxylic acids is 1. The van der Waals surface area contributed by atoms with Gasteiger partial charge in [0.05, 0.1) is 11.6 Å². The first-order chi connectivity index (χ1) is 11.5.